The second-order valence-corrected chi connectivity index (χ2v) is 6.60. The second-order valence-electron chi connectivity index (χ2n) is 6.16. The minimum atomic E-state index is -0.655. The van der Waals surface area contributed by atoms with Crippen LogP contribution in [0.15, 0.2) is 48.5 Å². The van der Waals surface area contributed by atoms with Gasteiger partial charge in [0.15, 0.2) is 11.6 Å². The van der Waals surface area contributed by atoms with Crippen molar-refractivity contribution in [1.82, 2.24) is 4.90 Å². The lowest BCUT2D eigenvalue weighted by Gasteiger charge is -2.36. The zero-order valence-corrected chi connectivity index (χ0v) is 14.7. The van der Waals surface area contributed by atoms with Gasteiger partial charge in [0.05, 0.1) is 0 Å². The topological polar surface area (TPSA) is 35.9 Å². The maximum absolute atomic E-state index is 13.5. The van der Waals surface area contributed by atoms with Crippen molar-refractivity contribution in [1.29, 1.82) is 0 Å². The van der Waals surface area contributed by atoms with Crippen LogP contribution in [0.3, 0.4) is 0 Å². The molecule has 134 valence electrons. The monoisotopic (exact) mass is 364 g/mol. The van der Waals surface area contributed by atoms with E-state index in [0.717, 1.165) is 36.9 Å². The van der Waals surface area contributed by atoms with Crippen LogP contribution in [0.4, 0.5) is 10.1 Å². The van der Waals surface area contributed by atoms with E-state index in [0.29, 0.717) is 6.54 Å². The average Bonchev–Trinajstić information content (AvgIpc) is 2.62. The van der Waals surface area contributed by atoms with Crippen LogP contribution in [0.2, 0.25) is 5.02 Å². The number of hydrogen-bond acceptors (Lipinski definition) is 4. The van der Waals surface area contributed by atoms with Crippen LogP contribution in [0, 0.1) is 5.82 Å². The fourth-order valence-electron chi connectivity index (χ4n) is 2.96. The minimum Gasteiger partial charge on any atom is -0.488 e. The van der Waals surface area contributed by atoms with Crippen molar-refractivity contribution in [3.8, 4) is 5.75 Å². The predicted octanol–water partition coefficient (Wildman–Crippen LogP) is 3.04. The molecule has 0 aliphatic carbocycles. The summed E-state index contributed by atoms with van der Waals surface area (Å²) in [5.74, 6) is -0.239. The largest absolute Gasteiger partial charge is 0.488 e. The molecule has 0 unspecified atom stereocenters. The quantitative estimate of drug-likeness (QED) is 0.854. The molecular weight excluding hydrogens is 343 g/mol. The van der Waals surface area contributed by atoms with Crippen LogP contribution in [0.25, 0.3) is 0 Å². The fraction of sp³-hybridized carbons (Fsp3) is 0.368. The Bertz CT molecular complexity index is 693. The summed E-state index contributed by atoms with van der Waals surface area (Å²) in [5.41, 5.74) is 1.12. The highest BCUT2D eigenvalue weighted by molar-refractivity contribution is 6.30. The number of rotatable bonds is 6. The number of para-hydroxylation sites is 1. The number of piperazine rings is 1. The van der Waals surface area contributed by atoms with Gasteiger partial charge in [0.1, 0.15) is 12.7 Å². The molecule has 0 radical (unpaired) electrons. The molecule has 2 aromatic rings. The number of β-amino-alcohol motifs (C(OH)–C–C–N with tert-alkyl or cyclic N) is 1. The molecular formula is C19H22ClFN2O2. The van der Waals surface area contributed by atoms with E-state index in [1.807, 2.05) is 18.2 Å². The Morgan fingerprint density at radius 1 is 1.08 bits per heavy atom. The molecule has 1 atom stereocenters. The maximum atomic E-state index is 13.5. The molecule has 0 amide bonds. The van der Waals surface area contributed by atoms with Gasteiger partial charge in [0, 0.05) is 43.4 Å². The number of nitrogens with zero attached hydrogens (tertiary/aromatic N) is 2. The van der Waals surface area contributed by atoms with E-state index >= 15 is 0 Å². The average molecular weight is 365 g/mol. The summed E-state index contributed by atoms with van der Waals surface area (Å²) in [5, 5.41) is 10.9. The van der Waals surface area contributed by atoms with Gasteiger partial charge < -0.3 is 14.7 Å². The Morgan fingerprint density at radius 2 is 1.84 bits per heavy atom. The fourth-order valence-corrected chi connectivity index (χ4v) is 3.14. The van der Waals surface area contributed by atoms with Gasteiger partial charge in [-0.25, -0.2) is 4.39 Å². The molecule has 1 aliphatic heterocycles. The Balaban J connectivity index is 1.43. The van der Waals surface area contributed by atoms with Crippen molar-refractivity contribution in [3.05, 3.63) is 59.4 Å². The molecule has 0 bridgehead atoms. The smallest absolute Gasteiger partial charge is 0.165 e. The van der Waals surface area contributed by atoms with E-state index in [1.165, 1.54) is 6.07 Å². The molecule has 0 aromatic heterocycles. The number of benzene rings is 2. The van der Waals surface area contributed by atoms with Crippen molar-refractivity contribution in [2.45, 2.75) is 6.10 Å². The predicted molar refractivity (Wildman–Crippen MR) is 98.0 cm³/mol. The van der Waals surface area contributed by atoms with E-state index in [9.17, 15) is 9.50 Å². The maximum Gasteiger partial charge on any atom is 0.165 e. The summed E-state index contributed by atoms with van der Waals surface area (Å²) in [4.78, 5) is 4.47. The van der Waals surface area contributed by atoms with Gasteiger partial charge in [-0.3, -0.25) is 4.90 Å². The summed E-state index contributed by atoms with van der Waals surface area (Å²) in [6, 6.07) is 14.1. The van der Waals surface area contributed by atoms with Gasteiger partial charge >= 0.3 is 0 Å². The lowest BCUT2D eigenvalue weighted by Crippen LogP contribution is -2.49. The molecule has 1 aliphatic rings. The van der Waals surface area contributed by atoms with Crippen LogP contribution in [0.5, 0.6) is 5.75 Å². The molecule has 4 nitrogen and oxygen atoms in total. The number of aliphatic hydroxyl groups is 1. The first-order valence-electron chi connectivity index (χ1n) is 8.40. The van der Waals surface area contributed by atoms with E-state index < -0.39 is 11.9 Å². The Morgan fingerprint density at radius 3 is 2.56 bits per heavy atom. The van der Waals surface area contributed by atoms with Crippen LogP contribution in [0.1, 0.15) is 0 Å². The third-order valence-electron chi connectivity index (χ3n) is 4.28. The zero-order chi connectivity index (χ0) is 17.6. The van der Waals surface area contributed by atoms with Crippen LogP contribution < -0.4 is 9.64 Å². The van der Waals surface area contributed by atoms with Gasteiger partial charge in [-0.1, -0.05) is 29.8 Å². The van der Waals surface area contributed by atoms with Crippen LogP contribution in [-0.2, 0) is 0 Å². The molecule has 1 saturated heterocycles. The normalized spacial score (nSPS) is 16.7. The summed E-state index contributed by atoms with van der Waals surface area (Å²) in [6.45, 7) is 4.04. The standard InChI is InChI=1S/C19H22ClFN2O2/c20-15-4-3-5-16(12-15)23-10-8-22(9-11-23)13-17(24)14-25-19-7-2-1-6-18(19)21/h1-7,12,17,24H,8-11,13-14H2/t17-/m1/s1. The highest BCUT2D eigenvalue weighted by atomic mass is 35.5. The molecule has 3 rings (SSSR count). The van der Waals surface area contributed by atoms with E-state index in [-0.39, 0.29) is 12.4 Å². The number of anilines is 1. The van der Waals surface area contributed by atoms with Gasteiger partial charge in [-0.2, -0.15) is 0 Å². The Kier molecular flexibility index (Phi) is 6.13. The summed E-state index contributed by atoms with van der Waals surface area (Å²) >= 11 is 6.05. The van der Waals surface area contributed by atoms with Gasteiger partial charge in [-0.15, -0.1) is 0 Å². The molecule has 25 heavy (non-hydrogen) atoms. The highest BCUT2D eigenvalue weighted by Crippen LogP contribution is 2.21. The first-order valence-corrected chi connectivity index (χ1v) is 8.78. The third-order valence-corrected chi connectivity index (χ3v) is 4.52. The molecule has 0 spiro atoms. The van der Waals surface area contributed by atoms with E-state index in [1.54, 1.807) is 18.2 Å². The van der Waals surface area contributed by atoms with Crippen molar-refractivity contribution in [3.63, 3.8) is 0 Å². The molecule has 1 fully saturated rings. The SMILES string of the molecule is O[C@@H](COc1ccccc1F)CN1CCN(c2cccc(Cl)c2)CC1. The summed E-state index contributed by atoms with van der Waals surface area (Å²) in [6.07, 6.45) is -0.655. The lowest BCUT2D eigenvalue weighted by atomic mass is 10.2. The zero-order valence-electron chi connectivity index (χ0n) is 13.9. The molecule has 2 aromatic carbocycles. The minimum absolute atomic E-state index is 0.0788. The van der Waals surface area contributed by atoms with Crippen LogP contribution in [-0.4, -0.2) is 55.4 Å². The van der Waals surface area contributed by atoms with E-state index in [2.05, 4.69) is 15.9 Å². The molecule has 1 N–H and O–H groups in total. The lowest BCUT2D eigenvalue weighted by molar-refractivity contribution is 0.0649. The second kappa shape index (κ2) is 8.52. The summed E-state index contributed by atoms with van der Waals surface area (Å²) in [7, 11) is 0. The number of halogens is 2. The Hall–Kier alpha value is -1.82. The third kappa shape index (κ3) is 5.08. The summed E-state index contributed by atoms with van der Waals surface area (Å²) < 4.78 is 18.9. The van der Waals surface area contributed by atoms with Crippen LogP contribution >= 0.6 is 11.6 Å². The number of ether oxygens (including phenoxy) is 1. The van der Waals surface area contributed by atoms with Gasteiger partial charge in [-0.05, 0) is 30.3 Å². The van der Waals surface area contributed by atoms with Crippen molar-refractivity contribution >= 4 is 17.3 Å². The van der Waals surface area contributed by atoms with Gasteiger partial charge in [0.25, 0.3) is 0 Å². The highest BCUT2D eigenvalue weighted by Gasteiger charge is 2.20. The van der Waals surface area contributed by atoms with Crippen molar-refractivity contribution in [2.75, 3.05) is 44.2 Å². The number of aliphatic hydroxyl groups excluding tert-OH is 1. The number of hydrogen-bond donors (Lipinski definition) is 1. The molecule has 0 saturated carbocycles. The molecule has 6 heteroatoms. The van der Waals surface area contributed by atoms with Crippen molar-refractivity contribution in [2.24, 2.45) is 0 Å². The molecule has 1 heterocycles. The first kappa shape index (κ1) is 18.0. The van der Waals surface area contributed by atoms with E-state index in [4.69, 9.17) is 16.3 Å². The van der Waals surface area contributed by atoms with Gasteiger partial charge in [0.2, 0.25) is 0 Å². The van der Waals surface area contributed by atoms with Crippen molar-refractivity contribution < 1.29 is 14.2 Å². The Labute approximate surface area is 152 Å². The first-order chi connectivity index (χ1) is 12.1.